The van der Waals surface area contributed by atoms with E-state index in [0.29, 0.717) is 31.3 Å². The molecule has 106 valence electrons. The highest BCUT2D eigenvalue weighted by atomic mass is 16.6. The molecule has 0 atom stereocenters. The summed E-state index contributed by atoms with van der Waals surface area (Å²) in [5.41, 5.74) is 1.37. The second-order valence-electron chi connectivity index (χ2n) is 4.67. The second-order valence-corrected chi connectivity index (χ2v) is 4.67. The van der Waals surface area contributed by atoms with Gasteiger partial charge >= 0.3 is 0 Å². The molecule has 2 heterocycles. The van der Waals surface area contributed by atoms with Crippen molar-refractivity contribution in [1.82, 2.24) is 9.97 Å². The van der Waals surface area contributed by atoms with Gasteiger partial charge in [0.2, 0.25) is 0 Å². The quantitative estimate of drug-likeness (QED) is 0.854. The number of rotatable bonds is 3. The molecule has 0 amide bonds. The summed E-state index contributed by atoms with van der Waals surface area (Å²) in [5.74, 6) is 2.09. The van der Waals surface area contributed by atoms with E-state index in [-0.39, 0.29) is 0 Å². The van der Waals surface area contributed by atoms with Gasteiger partial charge in [-0.3, -0.25) is 0 Å². The molecule has 21 heavy (non-hydrogen) atoms. The zero-order valence-corrected chi connectivity index (χ0v) is 11.6. The molecule has 2 aromatic rings. The summed E-state index contributed by atoms with van der Waals surface area (Å²) in [4.78, 5) is 10.1. The van der Waals surface area contributed by atoms with Gasteiger partial charge in [0, 0.05) is 26.0 Å². The van der Waals surface area contributed by atoms with Crippen LogP contribution in [0.15, 0.2) is 30.6 Å². The molecule has 0 radical (unpaired) electrons. The number of nitriles is 1. The number of aromatic nitrogens is 2. The number of ether oxygens (including phenoxy) is 2. The van der Waals surface area contributed by atoms with Crippen LogP contribution in [0.3, 0.4) is 0 Å². The molecule has 1 aliphatic rings. The Hall–Kier alpha value is -2.81. The molecular weight excluding hydrogens is 268 g/mol. The Morgan fingerprint density at radius 2 is 1.95 bits per heavy atom. The highest BCUT2D eigenvalue weighted by molar-refractivity contribution is 5.50. The lowest BCUT2D eigenvalue weighted by atomic mass is 10.2. The topological polar surface area (TPSA) is 71.3 Å². The Bertz CT molecular complexity index is 696. The summed E-state index contributed by atoms with van der Waals surface area (Å²) in [6, 6.07) is 7.88. The first-order valence-electron chi connectivity index (χ1n) is 6.58. The molecule has 0 aliphatic carbocycles. The van der Waals surface area contributed by atoms with Gasteiger partial charge in [0.25, 0.3) is 0 Å². The van der Waals surface area contributed by atoms with Crippen molar-refractivity contribution in [2.75, 3.05) is 25.2 Å². The standard InChI is InChI=1S/C15H14N4O2/c1-19(15-12(9-16)17-4-5-18-15)10-11-2-3-13-14(8-11)21-7-6-20-13/h2-5,8H,6-7,10H2,1H3. The third-order valence-electron chi connectivity index (χ3n) is 3.17. The van der Waals surface area contributed by atoms with Crippen molar-refractivity contribution in [1.29, 1.82) is 5.26 Å². The molecule has 0 bridgehead atoms. The van der Waals surface area contributed by atoms with E-state index in [9.17, 15) is 0 Å². The van der Waals surface area contributed by atoms with Crippen LogP contribution < -0.4 is 14.4 Å². The SMILES string of the molecule is CN(Cc1ccc2c(c1)OCCO2)c1nccnc1C#N. The Morgan fingerprint density at radius 1 is 1.19 bits per heavy atom. The average molecular weight is 282 g/mol. The maximum atomic E-state index is 9.08. The largest absolute Gasteiger partial charge is 0.486 e. The van der Waals surface area contributed by atoms with Gasteiger partial charge in [-0.25, -0.2) is 9.97 Å². The molecule has 0 saturated heterocycles. The Morgan fingerprint density at radius 3 is 2.76 bits per heavy atom. The van der Waals surface area contributed by atoms with Crippen LogP contribution >= 0.6 is 0 Å². The summed E-state index contributed by atoms with van der Waals surface area (Å²) < 4.78 is 11.1. The van der Waals surface area contributed by atoms with E-state index in [1.54, 1.807) is 6.20 Å². The van der Waals surface area contributed by atoms with Gasteiger partial charge in [-0.05, 0) is 17.7 Å². The van der Waals surface area contributed by atoms with Crippen LogP contribution in [0.25, 0.3) is 0 Å². The minimum absolute atomic E-state index is 0.317. The number of hydrogen-bond acceptors (Lipinski definition) is 6. The fraction of sp³-hybridized carbons (Fsp3) is 0.267. The Kier molecular flexibility index (Phi) is 3.56. The van der Waals surface area contributed by atoms with Crippen LogP contribution in [0.5, 0.6) is 11.5 Å². The third-order valence-corrected chi connectivity index (χ3v) is 3.17. The predicted octanol–water partition coefficient (Wildman–Crippen LogP) is 1.76. The van der Waals surface area contributed by atoms with Crippen LogP contribution in [-0.4, -0.2) is 30.2 Å². The number of nitrogens with zero attached hydrogens (tertiary/aromatic N) is 4. The van der Waals surface area contributed by atoms with Crippen LogP contribution in [0.1, 0.15) is 11.3 Å². The smallest absolute Gasteiger partial charge is 0.183 e. The zero-order chi connectivity index (χ0) is 14.7. The van der Waals surface area contributed by atoms with Crippen molar-refractivity contribution in [3.05, 3.63) is 41.9 Å². The number of fused-ring (bicyclic) bond motifs is 1. The van der Waals surface area contributed by atoms with E-state index in [2.05, 4.69) is 16.0 Å². The van der Waals surface area contributed by atoms with Crippen molar-refractivity contribution >= 4 is 5.82 Å². The summed E-state index contributed by atoms with van der Waals surface area (Å²) in [6.45, 7) is 1.75. The molecule has 0 saturated carbocycles. The molecule has 0 fully saturated rings. The van der Waals surface area contributed by atoms with Crippen molar-refractivity contribution in [3.8, 4) is 17.6 Å². The number of anilines is 1. The highest BCUT2D eigenvalue weighted by Gasteiger charge is 2.14. The van der Waals surface area contributed by atoms with E-state index in [0.717, 1.165) is 17.1 Å². The van der Waals surface area contributed by atoms with Crippen LogP contribution in [0, 0.1) is 11.3 Å². The molecule has 1 aliphatic heterocycles. The monoisotopic (exact) mass is 282 g/mol. The fourth-order valence-corrected chi connectivity index (χ4v) is 2.22. The van der Waals surface area contributed by atoms with E-state index in [1.165, 1.54) is 6.20 Å². The van der Waals surface area contributed by atoms with Gasteiger partial charge in [-0.15, -0.1) is 0 Å². The van der Waals surface area contributed by atoms with Crippen molar-refractivity contribution in [2.24, 2.45) is 0 Å². The lowest BCUT2D eigenvalue weighted by Gasteiger charge is -2.21. The fourth-order valence-electron chi connectivity index (χ4n) is 2.22. The molecule has 1 aromatic heterocycles. The molecule has 0 N–H and O–H groups in total. The Labute approximate surface area is 122 Å². The maximum Gasteiger partial charge on any atom is 0.183 e. The van der Waals surface area contributed by atoms with Crippen LogP contribution in [0.2, 0.25) is 0 Å². The molecule has 6 heteroatoms. The summed E-state index contributed by atoms with van der Waals surface area (Å²) in [6.07, 6.45) is 3.09. The summed E-state index contributed by atoms with van der Waals surface area (Å²) >= 11 is 0. The van der Waals surface area contributed by atoms with E-state index in [1.807, 2.05) is 30.1 Å². The van der Waals surface area contributed by atoms with Gasteiger partial charge in [-0.2, -0.15) is 5.26 Å². The first kappa shape index (κ1) is 13.2. The minimum atomic E-state index is 0.317. The third kappa shape index (κ3) is 2.72. The molecule has 0 unspecified atom stereocenters. The van der Waals surface area contributed by atoms with Gasteiger partial charge in [0.05, 0.1) is 0 Å². The first-order chi connectivity index (χ1) is 10.3. The van der Waals surface area contributed by atoms with E-state index in [4.69, 9.17) is 14.7 Å². The maximum absolute atomic E-state index is 9.08. The molecule has 6 nitrogen and oxygen atoms in total. The summed E-state index contributed by atoms with van der Waals surface area (Å²) in [7, 11) is 1.88. The first-order valence-corrected chi connectivity index (χ1v) is 6.58. The van der Waals surface area contributed by atoms with Gasteiger partial charge in [0.1, 0.15) is 19.3 Å². The van der Waals surface area contributed by atoms with Gasteiger partial charge in [-0.1, -0.05) is 6.07 Å². The number of hydrogen-bond donors (Lipinski definition) is 0. The average Bonchev–Trinajstić information content (AvgIpc) is 2.54. The van der Waals surface area contributed by atoms with Crippen LogP contribution in [0.4, 0.5) is 5.82 Å². The summed E-state index contributed by atoms with van der Waals surface area (Å²) in [5, 5.41) is 9.08. The molecule has 1 aromatic carbocycles. The lowest BCUT2D eigenvalue weighted by Crippen LogP contribution is -2.20. The van der Waals surface area contributed by atoms with Crippen LogP contribution in [-0.2, 0) is 6.54 Å². The number of benzene rings is 1. The molecule has 0 spiro atoms. The van der Waals surface area contributed by atoms with Gasteiger partial charge in [0.15, 0.2) is 23.0 Å². The highest BCUT2D eigenvalue weighted by Crippen LogP contribution is 2.31. The molecular formula is C15H14N4O2. The van der Waals surface area contributed by atoms with Crippen molar-refractivity contribution < 1.29 is 9.47 Å². The second kappa shape index (κ2) is 5.67. The Balaban J connectivity index is 1.81. The predicted molar refractivity (Wildman–Crippen MR) is 76.3 cm³/mol. The van der Waals surface area contributed by atoms with Crippen molar-refractivity contribution in [2.45, 2.75) is 6.54 Å². The van der Waals surface area contributed by atoms with Gasteiger partial charge < -0.3 is 14.4 Å². The normalized spacial score (nSPS) is 12.6. The van der Waals surface area contributed by atoms with Crippen molar-refractivity contribution in [3.63, 3.8) is 0 Å². The van der Waals surface area contributed by atoms with E-state index < -0.39 is 0 Å². The lowest BCUT2D eigenvalue weighted by molar-refractivity contribution is 0.171. The minimum Gasteiger partial charge on any atom is -0.486 e. The zero-order valence-electron chi connectivity index (χ0n) is 11.6. The molecule has 3 rings (SSSR count). The van der Waals surface area contributed by atoms with E-state index >= 15 is 0 Å².